The maximum Gasteiger partial charge on any atom is 0.123 e. The Bertz CT molecular complexity index is 490. The third-order valence-electron chi connectivity index (χ3n) is 2.53. The van der Waals surface area contributed by atoms with Gasteiger partial charge in [-0.25, -0.2) is 4.98 Å². The molecule has 0 aliphatic rings. The molecule has 0 amide bonds. The molecule has 16 heavy (non-hydrogen) atoms. The second kappa shape index (κ2) is 4.98. The summed E-state index contributed by atoms with van der Waals surface area (Å²) in [6, 6.07) is 6.47. The third-order valence-corrected chi connectivity index (χ3v) is 3.64. The van der Waals surface area contributed by atoms with Gasteiger partial charge in [-0.2, -0.15) is 0 Å². The molecule has 0 N–H and O–H groups in total. The van der Waals surface area contributed by atoms with E-state index in [4.69, 9.17) is 11.6 Å². The van der Waals surface area contributed by atoms with Gasteiger partial charge in [-0.05, 0) is 25.5 Å². The van der Waals surface area contributed by atoms with Crippen LogP contribution >= 0.6 is 22.9 Å². The molecule has 2 aromatic rings. The Balaban J connectivity index is 2.38. The lowest BCUT2D eigenvalue weighted by atomic mass is 10.1. The van der Waals surface area contributed by atoms with Gasteiger partial charge < -0.3 is 0 Å². The number of hydrogen-bond donors (Lipinski definition) is 0. The lowest BCUT2D eigenvalue weighted by molar-refractivity contribution is 1.07. The van der Waals surface area contributed by atoms with E-state index in [1.54, 1.807) is 11.3 Å². The quantitative estimate of drug-likeness (QED) is 0.745. The largest absolute Gasteiger partial charge is 0.241 e. The Hall–Kier alpha value is -0.860. The minimum absolute atomic E-state index is 0.635. The molecule has 1 aromatic carbocycles. The smallest absolute Gasteiger partial charge is 0.123 e. The van der Waals surface area contributed by atoms with Crippen LogP contribution in [-0.2, 0) is 6.42 Å². The van der Waals surface area contributed by atoms with Crippen molar-refractivity contribution < 1.29 is 0 Å². The van der Waals surface area contributed by atoms with Gasteiger partial charge in [0.1, 0.15) is 5.01 Å². The molecule has 0 aliphatic carbocycles. The van der Waals surface area contributed by atoms with Crippen LogP contribution in [0.5, 0.6) is 0 Å². The average molecular weight is 252 g/mol. The van der Waals surface area contributed by atoms with Crippen LogP contribution in [0.2, 0.25) is 0 Å². The van der Waals surface area contributed by atoms with Gasteiger partial charge in [-0.1, -0.05) is 17.7 Å². The molecule has 84 valence electrons. The van der Waals surface area contributed by atoms with Crippen LogP contribution in [0.4, 0.5) is 0 Å². The zero-order valence-corrected chi connectivity index (χ0v) is 11.0. The van der Waals surface area contributed by atoms with E-state index >= 15 is 0 Å². The molecule has 3 heteroatoms. The van der Waals surface area contributed by atoms with E-state index in [1.165, 1.54) is 16.7 Å². The first-order valence-corrected chi connectivity index (χ1v) is 6.70. The number of rotatable bonds is 3. The van der Waals surface area contributed by atoms with Crippen molar-refractivity contribution in [1.82, 2.24) is 4.98 Å². The van der Waals surface area contributed by atoms with Crippen LogP contribution in [0.3, 0.4) is 0 Å². The standard InChI is InChI=1S/C13H14ClNS/c1-9-3-4-10(2)12(7-9)13-15-11(5-6-14)8-16-13/h3-4,7-8H,5-6H2,1-2H3. The summed E-state index contributed by atoms with van der Waals surface area (Å²) in [6.07, 6.45) is 0.850. The highest BCUT2D eigenvalue weighted by Crippen LogP contribution is 2.27. The van der Waals surface area contributed by atoms with Gasteiger partial charge in [-0.3, -0.25) is 0 Å². The second-order valence-corrected chi connectivity index (χ2v) is 5.14. The molecule has 0 radical (unpaired) electrons. The van der Waals surface area contributed by atoms with E-state index < -0.39 is 0 Å². The number of halogens is 1. The van der Waals surface area contributed by atoms with Gasteiger partial charge in [0, 0.05) is 23.2 Å². The van der Waals surface area contributed by atoms with E-state index in [0.29, 0.717) is 5.88 Å². The van der Waals surface area contributed by atoms with E-state index in [2.05, 4.69) is 42.4 Å². The van der Waals surface area contributed by atoms with Gasteiger partial charge >= 0.3 is 0 Å². The Morgan fingerprint density at radius 2 is 2.12 bits per heavy atom. The van der Waals surface area contributed by atoms with Crippen LogP contribution in [0.1, 0.15) is 16.8 Å². The van der Waals surface area contributed by atoms with Crippen LogP contribution in [0.25, 0.3) is 10.6 Å². The van der Waals surface area contributed by atoms with Crippen molar-refractivity contribution in [1.29, 1.82) is 0 Å². The predicted molar refractivity (Wildman–Crippen MR) is 71.4 cm³/mol. The molecule has 0 aliphatic heterocycles. The molecule has 0 fully saturated rings. The number of alkyl halides is 1. The average Bonchev–Trinajstić information content (AvgIpc) is 2.71. The van der Waals surface area contributed by atoms with E-state index in [1.807, 2.05) is 0 Å². The van der Waals surface area contributed by atoms with Crippen LogP contribution in [0, 0.1) is 13.8 Å². The van der Waals surface area contributed by atoms with Crippen molar-refractivity contribution in [3.8, 4) is 10.6 Å². The molecule has 2 rings (SSSR count). The normalized spacial score (nSPS) is 10.7. The molecule has 0 saturated carbocycles. The first kappa shape index (κ1) is 11.6. The molecule has 0 spiro atoms. The monoisotopic (exact) mass is 251 g/mol. The van der Waals surface area contributed by atoms with Crippen molar-refractivity contribution in [2.75, 3.05) is 5.88 Å². The van der Waals surface area contributed by atoms with E-state index in [9.17, 15) is 0 Å². The van der Waals surface area contributed by atoms with Crippen molar-refractivity contribution in [2.45, 2.75) is 20.3 Å². The Labute approximate surface area is 105 Å². The van der Waals surface area contributed by atoms with Crippen LogP contribution in [0.15, 0.2) is 23.6 Å². The van der Waals surface area contributed by atoms with Crippen molar-refractivity contribution in [2.24, 2.45) is 0 Å². The number of aromatic nitrogens is 1. The second-order valence-electron chi connectivity index (χ2n) is 3.90. The van der Waals surface area contributed by atoms with E-state index in [0.717, 1.165) is 17.1 Å². The summed E-state index contributed by atoms with van der Waals surface area (Å²) in [5.74, 6) is 0.635. The van der Waals surface area contributed by atoms with Crippen LogP contribution in [-0.4, -0.2) is 10.9 Å². The highest BCUT2D eigenvalue weighted by atomic mass is 35.5. The van der Waals surface area contributed by atoms with Crippen molar-refractivity contribution >= 4 is 22.9 Å². The molecule has 0 unspecified atom stereocenters. The lowest BCUT2D eigenvalue weighted by Crippen LogP contribution is -1.88. The number of hydrogen-bond acceptors (Lipinski definition) is 2. The number of thiazole rings is 1. The zero-order chi connectivity index (χ0) is 11.5. The highest BCUT2D eigenvalue weighted by molar-refractivity contribution is 7.13. The van der Waals surface area contributed by atoms with Gasteiger partial charge in [-0.15, -0.1) is 22.9 Å². The summed E-state index contributed by atoms with van der Waals surface area (Å²) in [6.45, 7) is 4.23. The molecule has 0 saturated heterocycles. The van der Waals surface area contributed by atoms with Crippen molar-refractivity contribution in [3.63, 3.8) is 0 Å². The highest BCUT2D eigenvalue weighted by Gasteiger charge is 2.07. The fourth-order valence-corrected chi connectivity index (χ4v) is 2.74. The summed E-state index contributed by atoms with van der Waals surface area (Å²) in [4.78, 5) is 4.61. The molecular formula is C13H14ClNS. The minimum Gasteiger partial charge on any atom is -0.241 e. The van der Waals surface area contributed by atoms with Gasteiger partial charge in [0.25, 0.3) is 0 Å². The summed E-state index contributed by atoms with van der Waals surface area (Å²) in [7, 11) is 0. The Morgan fingerprint density at radius 1 is 1.31 bits per heavy atom. The van der Waals surface area contributed by atoms with Crippen molar-refractivity contribution in [3.05, 3.63) is 40.4 Å². The molecule has 1 nitrogen and oxygen atoms in total. The first-order chi connectivity index (χ1) is 7.70. The number of aryl methyl sites for hydroxylation is 3. The van der Waals surface area contributed by atoms with Gasteiger partial charge in [0.2, 0.25) is 0 Å². The maximum absolute atomic E-state index is 5.71. The minimum atomic E-state index is 0.635. The summed E-state index contributed by atoms with van der Waals surface area (Å²) in [5, 5.41) is 3.20. The number of nitrogens with zero attached hydrogens (tertiary/aromatic N) is 1. The summed E-state index contributed by atoms with van der Waals surface area (Å²) >= 11 is 7.41. The Morgan fingerprint density at radius 3 is 2.88 bits per heavy atom. The topological polar surface area (TPSA) is 12.9 Å². The molecule has 1 aromatic heterocycles. The maximum atomic E-state index is 5.71. The molecule has 1 heterocycles. The molecule has 0 atom stereocenters. The summed E-state index contributed by atoms with van der Waals surface area (Å²) in [5.41, 5.74) is 4.88. The lowest BCUT2D eigenvalue weighted by Gasteiger charge is -2.03. The predicted octanol–water partition coefficient (Wildman–Crippen LogP) is 4.21. The van der Waals surface area contributed by atoms with Gasteiger partial charge in [0.15, 0.2) is 0 Å². The zero-order valence-electron chi connectivity index (χ0n) is 9.46. The first-order valence-electron chi connectivity index (χ1n) is 5.28. The fourth-order valence-electron chi connectivity index (χ4n) is 1.61. The SMILES string of the molecule is Cc1ccc(C)c(-c2nc(CCCl)cs2)c1. The molecule has 0 bridgehead atoms. The van der Waals surface area contributed by atoms with Crippen LogP contribution < -0.4 is 0 Å². The Kier molecular flexibility index (Phi) is 3.62. The fraction of sp³-hybridized carbons (Fsp3) is 0.308. The number of benzene rings is 1. The van der Waals surface area contributed by atoms with Gasteiger partial charge in [0.05, 0.1) is 5.69 Å². The summed E-state index contributed by atoms with van der Waals surface area (Å²) < 4.78 is 0. The third kappa shape index (κ3) is 2.45. The molecular weight excluding hydrogens is 238 g/mol. The van der Waals surface area contributed by atoms with E-state index in [-0.39, 0.29) is 0 Å².